The predicted octanol–water partition coefficient (Wildman–Crippen LogP) is 4.94. The van der Waals surface area contributed by atoms with Gasteiger partial charge < -0.3 is 10.1 Å². The van der Waals surface area contributed by atoms with Crippen molar-refractivity contribution in [3.05, 3.63) is 34.2 Å². The maximum Gasteiger partial charge on any atom is 0.350 e. The quantitative estimate of drug-likeness (QED) is 0.765. The van der Waals surface area contributed by atoms with Crippen LogP contribution in [0.1, 0.15) is 54.6 Å². The Morgan fingerprint density at radius 1 is 1.12 bits per heavy atom. The predicted molar refractivity (Wildman–Crippen MR) is 101 cm³/mol. The zero-order valence-corrected chi connectivity index (χ0v) is 15.6. The summed E-state index contributed by atoms with van der Waals surface area (Å²) < 4.78 is 6.10. The van der Waals surface area contributed by atoms with Crippen molar-refractivity contribution < 1.29 is 14.3 Å². The highest BCUT2D eigenvalue weighted by Gasteiger charge is 2.20. The Morgan fingerprint density at radius 2 is 1.80 bits per heavy atom. The van der Waals surface area contributed by atoms with Crippen molar-refractivity contribution >= 4 is 44.9 Å². The van der Waals surface area contributed by atoms with Crippen LogP contribution >= 0.6 is 22.9 Å². The Morgan fingerprint density at radius 3 is 2.52 bits per heavy atom. The van der Waals surface area contributed by atoms with Crippen LogP contribution in [-0.4, -0.2) is 24.5 Å². The largest absolute Gasteiger partial charge is 0.451 e. The third kappa shape index (κ3) is 4.73. The molecule has 1 saturated carbocycles. The van der Waals surface area contributed by atoms with Crippen molar-refractivity contribution in [2.45, 2.75) is 51.0 Å². The van der Waals surface area contributed by atoms with E-state index in [1.807, 2.05) is 24.3 Å². The number of fused-ring (bicyclic) bond motifs is 1. The van der Waals surface area contributed by atoms with Crippen LogP contribution in [0.15, 0.2) is 24.3 Å². The fourth-order valence-corrected chi connectivity index (χ4v) is 4.61. The molecule has 1 aliphatic carbocycles. The number of rotatable bonds is 4. The number of esters is 1. The molecule has 1 N–H and O–H groups in total. The normalized spacial score (nSPS) is 16.2. The number of carbonyl (C=O) groups excluding carboxylic acids is 2. The smallest absolute Gasteiger partial charge is 0.350 e. The van der Waals surface area contributed by atoms with Gasteiger partial charge in [-0.1, -0.05) is 61.9 Å². The summed E-state index contributed by atoms with van der Waals surface area (Å²) in [4.78, 5) is 24.7. The minimum atomic E-state index is -0.543. The Hall–Kier alpha value is -1.59. The molecule has 6 heteroatoms. The van der Waals surface area contributed by atoms with Gasteiger partial charge in [0, 0.05) is 16.1 Å². The van der Waals surface area contributed by atoms with Crippen LogP contribution in [0.2, 0.25) is 5.02 Å². The molecule has 0 unspecified atom stereocenters. The molecule has 0 spiro atoms. The van der Waals surface area contributed by atoms with E-state index in [9.17, 15) is 9.59 Å². The van der Waals surface area contributed by atoms with Crippen LogP contribution in [0.5, 0.6) is 0 Å². The summed E-state index contributed by atoms with van der Waals surface area (Å²) in [6.07, 6.45) is 8.03. The summed E-state index contributed by atoms with van der Waals surface area (Å²) in [5, 5.41) is 4.22. The monoisotopic (exact) mass is 379 g/mol. The SMILES string of the molecule is O=C(COC(=O)c1sc2ccccc2c1Cl)NC1CCCCCCC1. The molecule has 1 amide bonds. The summed E-state index contributed by atoms with van der Waals surface area (Å²) in [7, 11) is 0. The van der Waals surface area contributed by atoms with E-state index in [2.05, 4.69) is 5.32 Å². The number of ether oxygens (including phenoxy) is 1. The lowest BCUT2D eigenvalue weighted by atomic mass is 9.97. The molecule has 0 saturated heterocycles. The number of nitrogens with one attached hydrogen (secondary N) is 1. The molecular weight excluding hydrogens is 358 g/mol. The number of hydrogen-bond acceptors (Lipinski definition) is 4. The highest BCUT2D eigenvalue weighted by molar-refractivity contribution is 7.21. The standard InChI is InChI=1S/C19H22ClNO3S/c20-17-14-10-6-7-11-15(14)25-18(17)19(23)24-12-16(22)21-13-8-4-2-1-3-5-9-13/h6-7,10-11,13H,1-5,8-9,12H2,(H,21,22). The van der Waals surface area contributed by atoms with Crippen LogP contribution in [-0.2, 0) is 9.53 Å². The Labute approximate surface area is 156 Å². The second kappa shape index (κ2) is 8.68. The molecule has 1 fully saturated rings. The minimum Gasteiger partial charge on any atom is -0.451 e. The van der Waals surface area contributed by atoms with Crippen molar-refractivity contribution in [2.24, 2.45) is 0 Å². The maximum atomic E-state index is 12.3. The van der Waals surface area contributed by atoms with E-state index in [0.29, 0.717) is 9.90 Å². The molecule has 25 heavy (non-hydrogen) atoms. The van der Waals surface area contributed by atoms with E-state index < -0.39 is 5.97 Å². The number of halogens is 1. The summed E-state index contributed by atoms with van der Waals surface area (Å²) in [5.74, 6) is -0.782. The van der Waals surface area contributed by atoms with Gasteiger partial charge in [-0.15, -0.1) is 11.3 Å². The van der Waals surface area contributed by atoms with Crippen LogP contribution in [0.25, 0.3) is 10.1 Å². The number of benzene rings is 1. The van der Waals surface area contributed by atoms with E-state index in [-0.39, 0.29) is 18.6 Å². The van der Waals surface area contributed by atoms with Gasteiger partial charge in [0.1, 0.15) is 4.88 Å². The minimum absolute atomic E-state index is 0.194. The molecule has 0 aliphatic heterocycles. The fourth-order valence-electron chi connectivity index (χ4n) is 3.21. The summed E-state index contributed by atoms with van der Waals surface area (Å²) >= 11 is 7.55. The highest BCUT2D eigenvalue weighted by atomic mass is 35.5. The summed E-state index contributed by atoms with van der Waals surface area (Å²) in [6.45, 7) is -0.264. The molecule has 0 radical (unpaired) electrons. The lowest BCUT2D eigenvalue weighted by molar-refractivity contribution is -0.125. The lowest BCUT2D eigenvalue weighted by Crippen LogP contribution is -2.38. The Balaban J connectivity index is 1.54. The first-order chi connectivity index (χ1) is 12.1. The van der Waals surface area contributed by atoms with E-state index >= 15 is 0 Å². The molecular formula is C19H22ClNO3S. The van der Waals surface area contributed by atoms with Crippen molar-refractivity contribution in [1.29, 1.82) is 0 Å². The number of thiophene rings is 1. The average molecular weight is 380 g/mol. The van der Waals surface area contributed by atoms with Crippen LogP contribution in [0, 0.1) is 0 Å². The van der Waals surface area contributed by atoms with Gasteiger partial charge in [0.05, 0.1) is 5.02 Å². The Bertz CT molecular complexity index is 750. The zero-order chi connectivity index (χ0) is 17.6. The molecule has 1 aromatic heterocycles. The van der Waals surface area contributed by atoms with Gasteiger partial charge in [-0.2, -0.15) is 0 Å². The topological polar surface area (TPSA) is 55.4 Å². The molecule has 3 rings (SSSR count). The molecule has 1 aromatic carbocycles. The first kappa shape index (κ1) is 18.2. The molecule has 0 bridgehead atoms. The molecule has 1 heterocycles. The summed E-state index contributed by atoms with van der Waals surface area (Å²) in [5.41, 5.74) is 0. The van der Waals surface area contributed by atoms with Crippen molar-refractivity contribution in [3.8, 4) is 0 Å². The second-order valence-corrected chi connectivity index (χ2v) is 7.86. The molecule has 2 aromatic rings. The van der Waals surface area contributed by atoms with Gasteiger partial charge in [-0.3, -0.25) is 4.79 Å². The summed E-state index contributed by atoms with van der Waals surface area (Å²) in [6, 6.07) is 7.74. The molecule has 0 atom stereocenters. The van der Waals surface area contributed by atoms with Crippen molar-refractivity contribution in [2.75, 3.05) is 6.61 Å². The van der Waals surface area contributed by atoms with Gasteiger partial charge >= 0.3 is 5.97 Å². The van der Waals surface area contributed by atoms with E-state index in [4.69, 9.17) is 16.3 Å². The van der Waals surface area contributed by atoms with Crippen molar-refractivity contribution in [1.82, 2.24) is 5.32 Å². The molecule has 134 valence electrons. The maximum absolute atomic E-state index is 12.3. The van der Waals surface area contributed by atoms with Gasteiger partial charge in [0.25, 0.3) is 5.91 Å². The van der Waals surface area contributed by atoms with E-state index in [1.54, 1.807) is 0 Å². The number of carbonyl (C=O) groups is 2. The third-order valence-electron chi connectivity index (χ3n) is 4.52. The van der Waals surface area contributed by atoms with Crippen LogP contribution < -0.4 is 5.32 Å². The second-order valence-electron chi connectivity index (χ2n) is 6.43. The Kier molecular flexibility index (Phi) is 6.32. The average Bonchev–Trinajstić information content (AvgIpc) is 2.92. The van der Waals surface area contributed by atoms with E-state index in [1.165, 1.54) is 30.6 Å². The van der Waals surface area contributed by atoms with Gasteiger partial charge in [-0.25, -0.2) is 4.79 Å². The number of amides is 1. The van der Waals surface area contributed by atoms with Crippen molar-refractivity contribution in [3.63, 3.8) is 0 Å². The first-order valence-corrected chi connectivity index (χ1v) is 9.98. The van der Waals surface area contributed by atoms with E-state index in [0.717, 1.165) is 35.8 Å². The lowest BCUT2D eigenvalue weighted by Gasteiger charge is -2.20. The first-order valence-electron chi connectivity index (χ1n) is 8.78. The fraction of sp³-hybridized carbons (Fsp3) is 0.474. The number of hydrogen-bond donors (Lipinski definition) is 1. The van der Waals surface area contributed by atoms with Crippen LogP contribution in [0.4, 0.5) is 0 Å². The highest BCUT2D eigenvalue weighted by Crippen LogP contribution is 2.35. The molecule has 1 aliphatic rings. The van der Waals surface area contributed by atoms with Gasteiger partial charge in [-0.05, 0) is 18.9 Å². The van der Waals surface area contributed by atoms with Gasteiger partial charge in [0.2, 0.25) is 0 Å². The van der Waals surface area contributed by atoms with Gasteiger partial charge in [0.15, 0.2) is 6.61 Å². The van der Waals surface area contributed by atoms with Crippen LogP contribution in [0.3, 0.4) is 0 Å². The zero-order valence-electron chi connectivity index (χ0n) is 14.1. The third-order valence-corrected chi connectivity index (χ3v) is 6.18. The molecule has 4 nitrogen and oxygen atoms in total.